The average Bonchev–Trinajstić information content (AvgIpc) is 3.09. The lowest BCUT2D eigenvalue weighted by atomic mass is 10.1. The van der Waals surface area contributed by atoms with Crippen LogP contribution >= 0.6 is 23.2 Å². The molecule has 0 fully saturated rings. The van der Waals surface area contributed by atoms with E-state index in [0.29, 0.717) is 10.7 Å². The van der Waals surface area contributed by atoms with Gasteiger partial charge >= 0.3 is 5.97 Å². The lowest BCUT2D eigenvalue weighted by molar-refractivity contribution is -0.120. The molecule has 0 radical (unpaired) electrons. The predicted octanol–water partition coefficient (Wildman–Crippen LogP) is 5.30. The Balaban J connectivity index is 1.45. The van der Waals surface area contributed by atoms with Gasteiger partial charge in [-0.2, -0.15) is 0 Å². The molecule has 194 valence electrons. The second-order valence-electron chi connectivity index (χ2n) is 8.45. The Bertz CT molecular complexity index is 1470. The zero-order valence-electron chi connectivity index (χ0n) is 20.1. The fourth-order valence-electron chi connectivity index (χ4n) is 3.53. The van der Waals surface area contributed by atoms with Crippen molar-refractivity contribution in [3.05, 3.63) is 93.6 Å². The van der Waals surface area contributed by atoms with Crippen molar-refractivity contribution < 1.29 is 29.0 Å². The van der Waals surface area contributed by atoms with Gasteiger partial charge in [-0.05, 0) is 80.6 Å². The first kappa shape index (κ1) is 26.7. The monoisotopic (exact) mass is 553 g/mol. The molecule has 4 rings (SSSR count). The second-order valence-corrected chi connectivity index (χ2v) is 9.27. The van der Waals surface area contributed by atoms with Crippen LogP contribution in [0, 0.1) is 0 Å². The van der Waals surface area contributed by atoms with Gasteiger partial charge in [0.05, 0.1) is 23.0 Å². The topological polar surface area (TPSA) is 125 Å². The van der Waals surface area contributed by atoms with Gasteiger partial charge in [-0.1, -0.05) is 23.2 Å². The molecule has 0 aromatic heterocycles. The lowest BCUT2D eigenvalue weighted by Crippen LogP contribution is -2.32. The number of nitrogens with one attached hydrogen (secondary N) is 2. The van der Waals surface area contributed by atoms with E-state index in [2.05, 4.69) is 10.6 Å². The van der Waals surface area contributed by atoms with Crippen molar-refractivity contribution in [2.24, 2.45) is 0 Å². The summed E-state index contributed by atoms with van der Waals surface area (Å²) in [7, 11) is 0. The highest BCUT2D eigenvalue weighted by atomic mass is 35.5. The van der Waals surface area contributed by atoms with Gasteiger partial charge in [0.1, 0.15) is 16.5 Å². The smallest absolute Gasteiger partial charge is 0.338 e. The maximum atomic E-state index is 13.0. The molecule has 0 bridgehead atoms. The third kappa shape index (κ3) is 5.64. The number of hydrogen-bond acceptors (Lipinski definition) is 7. The van der Waals surface area contributed by atoms with Crippen LogP contribution in [0.25, 0.3) is 0 Å². The van der Waals surface area contributed by atoms with Gasteiger partial charge < -0.3 is 20.5 Å². The van der Waals surface area contributed by atoms with E-state index < -0.39 is 23.7 Å². The van der Waals surface area contributed by atoms with Crippen molar-refractivity contribution >= 4 is 64.0 Å². The van der Waals surface area contributed by atoms with Crippen molar-refractivity contribution in [3.63, 3.8) is 0 Å². The van der Waals surface area contributed by atoms with Gasteiger partial charge in [0, 0.05) is 16.3 Å². The summed E-state index contributed by atoms with van der Waals surface area (Å²) in [6, 6.07) is 16.1. The highest BCUT2D eigenvalue weighted by molar-refractivity contribution is 6.53. The van der Waals surface area contributed by atoms with Crippen LogP contribution in [0.1, 0.15) is 34.6 Å². The third-order valence-corrected chi connectivity index (χ3v) is 5.94. The van der Waals surface area contributed by atoms with E-state index in [4.69, 9.17) is 27.9 Å². The van der Waals surface area contributed by atoms with E-state index in [-0.39, 0.29) is 45.1 Å². The van der Waals surface area contributed by atoms with Crippen LogP contribution in [0.2, 0.25) is 5.02 Å². The molecule has 1 aliphatic rings. The minimum Gasteiger partial charge on any atom is -0.506 e. The van der Waals surface area contributed by atoms with E-state index in [1.807, 2.05) is 0 Å². The third-order valence-electron chi connectivity index (χ3n) is 5.35. The second kappa shape index (κ2) is 11.0. The Labute approximate surface area is 227 Å². The summed E-state index contributed by atoms with van der Waals surface area (Å²) in [5.74, 6) is -2.57. The van der Waals surface area contributed by atoms with Gasteiger partial charge in [-0.25, -0.2) is 9.69 Å². The molecule has 1 heterocycles. The molecule has 0 atom stereocenters. The fraction of sp³-hybridized carbons (Fsp3) is 0.111. The van der Waals surface area contributed by atoms with Crippen molar-refractivity contribution in [1.82, 2.24) is 0 Å². The SMILES string of the molecule is CC(C)OC(=O)c1ccc(N2C(=O)C(Cl)=C(Nc3ccc(C(=O)Nc4cc(Cl)ccc4O)cc3)C2=O)cc1. The first-order valence-corrected chi connectivity index (χ1v) is 12.1. The largest absolute Gasteiger partial charge is 0.506 e. The van der Waals surface area contributed by atoms with E-state index in [0.717, 1.165) is 4.90 Å². The summed E-state index contributed by atoms with van der Waals surface area (Å²) in [5, 5.41) is 15.3. The van der Waals surface area contributed by atoms with Gasteiger partial charge in [-0.3, -0.25) is 14.4 Å². The molecule has 3 aromatic rings. The molecule has 3 aromatic carbocycles. The number of phenolic OH excluding ortho intramolecular Hbond substituents is 1. The number of phenols is 1. The Kier molecular flexibility index (Phi) is 7.70. The number of anilines is 3. The van der Waals surface area contributed by atoms with Crippen LogP contribution in [0.5, 0.6) is 5.75 Å². The van der Waals surface area contributed by atoms with Crippen molar-refractivity contribution in [2.75, 3.05) is 15.5 Å². The van der Waals surface area contributed by atoms with Gasteiger partial charge in [0.2, 0.25) is 0 Å². The fourth-order valence-corrected chi connectivity index (χ4v) is 3.91. The molecule has 38 heavy (non-hydrogen) atoms. The highest BCUT2D eigenvalue weighted by Crippen LogP contribution is 2.31. The van der Waals surface area contributed by atoms with E-state index >= 15 is 0 Å². The summed E-state index contributed by atoms with van der Waals surface area (Å²) >= 11 is 12.1. The molecule has 0 saturated heterocycles. The zero-order valence-corrected chi connectivity index (χ0v) is 21.6. The average molecular weight is 554 g/mol. The van der Waals surface area contributed by atoms with Gasteiger partial charge in [0.15, 0.2) is 0 Å². The number of halogens is 2. The molecule has 0 spiro atoms. The summed E-state index contributed by atoms with van der Waals surface area (Å²) in [5.41, 5.74) is 1.18. The minimum absolute atomic E-state index is 0.137. The molecule has 0 unspecified atom stereocenters. The van der Waals surface area contributed by atoms with Crippen LogP contribution in [0.3, 0.4) is 0 Å². The van der Waals surface area contributed by atoms with Gasteiger partial charge in [0.25, 0.3) is 17.7 Å². The summed E-state index contributed by atoms with van der Waals surface area (Å²) in [4.78, 5) is 51.3. The van der Waals surface area contributed by atoms with E-state index in [1.165, 1.54) is 66.7 Å². The number of amides is 3. The number of hydrogen-bond donors (Lipinski definition) is 3. The Morgan fingerprint density at radius 3 is 2.16 bits per heavy atom. The number of ether oxygens (including phenoxy) is 1. The molecular formula is C27H21Cl2N3O6. The minimum atomic E-state index is -0.728. The number of benzene rings is 3. The van der Waals surface area contributed by atoms with Crippen LogP contribution in [-0.4, -0.2) is 34.9 Å². The number of nitrogens with zero attached hydrogens (tertiary/aromatic N) is 1. The molecule has 1 aliphatic heterocycles. The molecule has 9 nitrogen and oxygen atoms in total. The summed E-state index contributed by atoms with van der Waals surface area (Å²) < 4.78 is 5.14. The number of esters is 1. The maximum absolute atomic E-state index is 13.0. The Hall–Kier alpha value is -4.34. The zero-order chi connectivity index (χ0) is 27.6. The lowest BCUT2D eigenvalue weighted by Gasteiger charge is -2.16. The maximum Gasteiger partial charge on any atom is 0.338 e. The molecule has 3 N–H and O–H groups in total. The molecule has 3 amide bonds. The molecule has 0 saturated carbocycles. The van der Waals surface area contributed by atoms with Crippen molar-refractivity contribution in [3.8, 4) is 5.75 Å². The van der Waals surface area contributed by atoms with Gasteiger partial charge in [-0.15, -0.1) is 0 Å². The first-order valence-electron chi connectivity index (χ1n) is 11.3. The highest BCUT2D eigenvalue weighted by Gasteiger charge is 2.39. The van der Waals surface area contributed by atoms with Crippen molar-refractivity contribution in [2.45, 2.75) is 20.0 Å². The summed E-state index contributed by atoms with van der Waals surface area (Å²) in [6.45, 7) is 3.45. The van der Waals surface area contributed by atoms with Crippen molar-refractivity contribution in [1.29, 1.82) is 0 Å². The van der Waals surface area contributed by atoms with E-state index in [9.17, 15) is 24.3 Å². The van der Waals surface area contributed by atoms with Crippen LogP contribution in [0.4, 0.5) is 17.1 Å². The first-order chi connectivity index (χ1) is 18.0. The molecule has 11 heteroatoms. The van der Waals surface area contributed by atoms with Crippen LogP contribution < -0.4 is 15.5 Å². The van der Waals surface area contributed by atoms with Crippen LogP contribution in [0.15, 0.2) is 77.5 Å². The normalized spacial score (nSPS) is 13.2. The number of rotatable bonds is 7. The number of aromatic hydroxyl groups is 1. The number of carbonyl (C=O) groups is 4. The standard InChI is InChI=1S/C27H21Cl2N3O6/c1-14(2)38-27(37)16-5-10-19(11-6-16)32-25(35)22(29)23(26(32)36)30-18-8-3-15(4-9-18)24(34)31-20-13-17(28)7-12-21(20)33/h3-14,30,33H,1-2H3,(H,31,34). The predicted molar refractivity (Wildman–Crippen MR) is 144 cm³/mol. The Morgan fingerprint density at radius 1 is 0.895 bits per heavy atom. The number of imide groups is 1. The molecule has 0 aliphatic carbocycles. The summed E-state index contributed by atoms with van der Waals surface area (Å²) in [6.07, 6.45) is -0.291. The quantitative estimate of drug-likeness (QED) is 0.206. The number of carbonyl (C=O) groups excluding carboxylic acids is 4. The van der Waals surface area contributed by atoms with Crippen LogP contribution in [-0.2, 0) is 14.3 Å². The van der Waals surface area contributed by atoms with E-state index in [1.54, 1.807) is 13.8 Å². The Morgan fingerprint density at radius 2 is 1.53 bits per heavy atom. The molecular weight excluding hydrogens is 533 g/mol.